The third-order valence-electron chi connectivity index (χ3n) is 3.38. The van der Waals surface area contributed by atoms with Gasteiger partial charge in [-0.1, -0.05) is 41.9 Å². The first-order valence-electron chi connectivity index (χ1n) is 7.79. The summed E-state index contributed by atoms with van der Waals surface area (Å²) in [5.74, 6) is 0.266. The molecule has 0 bridgehead atoms. The maximum atomic E-state index is 13.2. The highest BCUT2D eigenvalue weighted by molar-refractivity contribution is 6.31. The van der Waals surface area contributed by atoms with E-state index in [1.165, 1.54) is 12.1 Å². The van der Waals surface area contributed by atoms with Crippen LogP contribution in [0.25, 0.3) is 0 Å². The Balaban J connectivity index is 1.97. The first-order valence-corrected chi connectivity index (χ1v) is 8.17. The predicted molar refractivity (Wildman–Crippen MR) is 95.6 cm³/mol. The molecule has 0 amide bonds. The summed E-state index contributed by atoms with van der Waals surface area (Å²) in [6.45, 7) is 3.23. The molecule has 0 aliphatic rings. The normalized spacial score (nSPS) is 12.8. The molecule has 2 aromatic carbocycles. The zero-order chi connectivity index (χ0) is 17.4. The van der Waals surface area contributed by atoms with Crippen LogP contribution in [0.1, 0.15) is 24.2 Å². The van der Waals surface area contributed by atoms with E-state index in [1.807, 2.05) is 25.1 Å². The Kier molecular flexibility index (Phi) is 7.03. The summed E-state index contributed by atoms with van der Waals surface area (Å²) in [4.78, 5) is 4.40. The number of benzene rings is 2. The van der Waals surface area contributed by atoms with Crippen molar-refractivity contribution in [3.63, 3.8) is 0 Å². The minimum absolute atomic E-state index is 0.263. The van der Waals surface area contributed by atoms with Gasteiger partial charge < -0.3 is 15.7 Å². The number of halogens is 2. The molecule has 0 spiro atoms. The monoisotopic (exact) mass is 349 g/mol. The van der Waals surface area contributed by atoms with Crippen molar-refractivity contribution in [2.45, 2.75) is 19.6 Å². The van der Waals surface area contributed by atoms with Gasteiger partial charge in [0.1, 0.15) is 5.82 Å². The molecule has 0 radical (unpaired) electrons. The highest BCUT2D eigenvalue weighted by Gasteiger charge is 2.11. The number of aliphatic imine (C=N–C) groups is 1. The Morgan fingerprint density at radius 2 is 2.00 bits per heavy atom. The van der Waals surface area contributed by atoms with E-state index >= 15 is 0 Å². The Hall–Kier alpha value is -2.11. The van der Waals surface area contributed by atoms with Crippen molar-refractivity contribution in [1.29, 1.82) is 0 Å². The quantitative estimate of drug-likeness (QED) is 0.554. The van der Waals surface area contributed by atoms with Gasteiger partial charge in [0.05, 0.1) is 12.6 Å². The molecule has 0 aliphatic heterocycles. The molecule has 0 heterocycles. The number of hydrogen-bond donors (Lipinski definition) is 3. The second-order valence-electron chi connectivity index (χ2n) is 5.24. The lowest BCUT2D eigenvalue weighted by molar-refractivity contribution is 0.181. The zero-order valence-corrected chi connectivity index (χ0v) is 14.2. The molecule has 2 rings (SSSR count). The average molecular weight is 350 g/mol. The van der Waals surface area contributed by atoms with Gasteiger partial charge in [0, 0.05) is 23.7 Å². The van der Waals surface area contributed by atoms with E-state index in [-0.39, 0.29) is 12.4 Å². The first kappa shape index (κ1) is 18.2. The van der Waals surface area contributed by atoms with Crippen LogP contribution in [0, 0.1) is 5.82 Å². The summed E-state index contributed by atoms with van der Waals surface area (Å²) >= 11 is 6.08. The van der Waals surface area contributed by atoms with E-state index in [1.54, 1.807) is 18.2 Å². The fourth-order valence-electron chi connectivity index (χ4n) is 2.20. The molecule has 0 aliphatic carbocycles. The number of hydrogen-bond acceptors (Lipinski definition) is 2. The van der Waals surface area contributed by atoms with Crippen LogP contribution in [0.3, 0.4) is 0 Å². The second kappa shape index (κ2) is 9.25. The van der Waals surface area contributed by atoms with Crippen molar-refractivity contribution >= 4 is 17.6 Å². The highest BCUT2D eigenvalue weighted by Crippen LogP contribution is 2.21. The van der Waals surface area contributed by atoms with Crippen molar-refractivity contribution in [3.8, 4) is 0 Å². The molecule has 0 aromatic heterocycles. The molecule has 128 valence electrons. The van der Waals surface area contributed by atoms with E-state index in [9.17, 15) is 9.50 Å². The van der Waals surface area contributed by atoms with Crippen LogP contribution in [-0.4, -0.2) is 24.2 Å². The maximum Gasteiger partial charge on any atom is 0.191 e. The smallest absolute Gasteiger partial charge is 0.191 e. The lowest BCUT2D eigenvalue weighted by Crippen LogP contribution is -2.39. The molecule has 24 heavy (non-hydrogen) atoms. The molecular weight excluding hydrogens is 329 g/mol. The molecule has 2 aromatic rings. The van der Waals surface area contributed by atoms with Gasteiger partial charge in [-0.15, -0.1) is 0 Å². The summed E-state index contributed by atoms with van der Waals surface area (Å²) in [6, 6.07) is 13.5. The van der Waals surface area contributed by atoms with Gasteiger partial charge in [-0.05, 0) is 30.7 Å². The van der Waals surface area contributed by atoms with E-state index < -0.39 is 6.10 Å². The fourth-order valence-corrected chi connectivity index (χ4v) is 2.46. The zero-order valence-electron chi connectivity index (χ0n) is 13.5. The summed E-state index contributed by atoms with van der Waals surface area (Å²) in [7, 11) is 0. The van der Waals surface area contributed by atoms with Gasteiger partial charge in [-0.3, -0.25) is 0 Å². The van der Waals surface area contributed by atoms with Crippen molar-refractivity contribution in [2.24, 2.45) is 4.99 Å². The fraction of sp³-hybridized carbons (Fsp3) is 0.278. The second-order valence-corrected chi connectivity index (χ2v) is 5.65. The number of aliphatic hydroxyl groups excluding tert-OH is 1. The molecule has 1 unspecified atom stereocenters. The van der Waals surface area contributed by atoms with E-state index in [0.29, 0.717) is 29.6 Å². The number of nitrogens with one attached hydrogen (secondary N) is 2. The van der Waals surface area contributed by atoms with Crippen LogP contribution < -0.4 is 10.6 Å². The van der Waals surface area contributed by atoms with Gasteiger partial charge in [0.2, 0.25) is 0 Å². The van der Waals surface area contributed by atoms with Gasteiger partial charge >= 0.3 is 0 Å². The summed E-state index contributed by atoms with van der Waals surface area (Å²) in [5, 5.41) is 16.9. The van der Waals surface area contributed by atoms with Crippen LogP contribution in [0.15, 0.2) is 53.5 Å². The van der Waals surface area contributed by atoms with E-state index in [4.69, 9.17) is 11.6 Å². The van der Waals surface area contributed by atoms with E-state index in [0.717, 1.165) is 5.56 Å². The van der Waals surface area contributed by atoms with Crippen LogP contribution in [0.4, 0.5) is 4.39 Å². The van der Waals surface area contributed by atoms with Crippen LogP contribution in [0.2, 0.25) is 5.02 Å². The predicted octanol–water partition coefficient (Wildman–Crippen LogP) is 3.27. The largest absolute Gasteiger partial charge is 0.387 e. The number of guanidine groups is 1. The molecule has 4 nitrogen and oxygen atoms in total. The lowest BCUT2D eigenvalue weighted by atomic mass is 10.1. The highest BCUT2D eigenvalue weighted by atomic mass is 35.5. The Labute approximate surface area is 146 Å². The number of aliphatic hydroxyl groups is 1. The van der Waals surface area contributed by atoms with Crippen molar-refractivity contribution in [1.82, 2.24) is 10.6 Å². The average Bonchev–Trinajstić information content (AvgIpc) is 2.57. The lowest BCUT2D eigenvalue weighted by Gasteiger charge is -2.16. The minimum atomic E-state index is -0.753. The Bertz CT molecular complexity index is 693. The first-order chi connectivity index (χ1) is 11.6. The molecule has 0 saturated carbocycles. The summed E-state index contributed by atoms with van der Waals surface area (Å²) < 4.78 is 13.2. The van der Waals surface area contributed by atoms with Crippen molar-refractivity contribution < 1.29 is 9.50 Å². The third-order valence-corrected chi connectivity index (χ3v) is 3.72. The molecule has 6 heteroatoms. The van der Waals surface area contributed by atoms with Gasteiger partial charge in [-0.25, -0.2) is 9.38 Å². The van der Waals surface area contributed by atoms with Gasteiger partial charge in [-0.2, -0.15) is 0 Å². The Morgan fingerprint density at radius 1 is 1.21 bits per heavy atom. The molecule has 3 N–H and O–H groups in total. The summed E-state index contributed by atoms with van der Waals surface area (Å²) in [6.07, 6.45) is -0.753. The SMILES string of the molecule is CCNC(=NCc1cccc(F)c1)NCC(O)c1ccccc1Cl. The van der Waals surface area contributed by atoms with E-state index in [2.05, 4.69) is 15.6 Å². The maximum absolute atomic E-state index is 13.2. The standard InChI is InChI=1S/C18H21ClFN3O/c1-2-21-18(22-11-13-6-5-7-14(20)10-13)23-12-17(24)15-8-3-4-9-16(15)19/h3-10,17,24H,2,11-12H2,1H3,(H2,21,22,23). The topological polar surface area (TPSA) is 56.7 Å². The van der Waals surface area contributed by atoms with Crippen molar-refractivity contribution in [2.75, 3.05) is 13.1 Å². The molecule has 0 fully saturated rings. The van der Waals surface area contributed by atoms with Crippen molar-refractivity contribution in [3.05, 3.63) is 70.5 Å². The molecular formula is C18H21ClFN3O. The third kappa shape index (κ3) is 5.51. The number of nitrogens with zero attached hydrogens (tertiary/aromatic N) is 1. The van der Waals surface area contributed by atoms with Crippen LogP contribution in [-0.2, 0) is 6.54 Å². The van der Waals surface area contributed by atoms with Gasteiger partial charge in [0.25, 0.3) is 0 Å². The van der Waals surface area contributed by atoms with Crippen LogP contribution in [0.5, 0.6) is 0 Å². The molecule has 1 atom stereocenters. The molecule has 0 saturated heterocycles. The Morgan fingerprint density at radius 3 is 2.71 bits per heavy atom. The van der Waals surface area contributed by atoms with Gasteiger partial charge in [0.15, 0.2) is 5.96 Å². The number of rotatable bonds is 6. The van der Waals surface area contributed by atoms with Crippen LogP contribution >= 0.6 is 11.6 Å². The minimum Gasteiger partial charge on any atom is -0.387 e. The summed E-state index contributed by atoms with van der Waals surface area (Å²) in [5.41, 5.74) is 1.44.